The van der Waals surface area contributed by atoms with Crippen LogP contribution in [0.5, 0.6) is 0 Å². The number of amides is 1. The van der Waals surface area contributed by atoms with E-state index in [1.54, 1.807) is 6.07 Å². The SMILES string of the molecule is COC(=O)CCC(=O)NC(=S)Nc1cccc(F)c1. The van der Waals surface area contributed by atoms with Crippen LogP contribution in [0.15, 0.2) is 24.3 Å². The normalized spacial score (nSPS) is 9.58. The lowest BCUT2D eigenvalue weighted by Gasteiger charge is -2.09. The first-order valence-electron chi connectivity index (χ1n) is 5.44. The lowest BCUT2D eigenvalue weighted by Crippen LogP contribution is -2.34. The van der Waals surface area contributed by atoms with Gasteiger partial charge in [0, 0.05) is 12.1 Å². The number of rotatable bonds is 4. The third-order valence-corrected chi connectivity index (χ3v) is 2.32. The number of carbonyl (C=O) groups excluding carboxylic acids is 2. The van der Waals surface area contributed by atoms with Crippen LogP contribution in [0.1, 0.15) is 12.8 Å². The van der Waals surface area contributed by atoms with Crippen LogP contribution in [-0.4, -0.2) is 24.1 Å². The highest BCUT2D eigenvalue weighted by molar-refractivity contribution is 7.80. The molecule has 0 atom stereocenters. The molecule has 0 aliphatic carbocycles. The van der Waals surface area contributed by atoms with Crippen molar-refractivity contribution in [1.82, 2.24) is 5.32 Å². The highest BCUT2D eigenvalue weighted by Gasteiger charge is 2.08. The Morgan fingerprint density at radius 2 is 2.11 bits per heavy atom. The molecule has 7 heteroatoms. The van der Waals surface area contributed by atoms with E-state index in [4.69, 9.17) is 12.2 Å². The molecule has 0 saturated heterocycles. The predicted octanol–water partition coefficient (Wildman–Crippen LogP) is 1.59. The van der Waals surface area contributed by atoms with Gasteiger partial charge in [-0.1, -0.05) is 6.07 Å². The number of methoxy groups -OCH3 is 1. The van der Waals surface area contributed by atoms with E-state index in [-0.39, 0.29) is 18.0 Å². The van der Waals surface area contributed by atoms with Crippen molar-refractivity contribution in [3.05, 3.63) is 30.1 Å². The summed E-state index contributed by atoms with van der Waals surface area (Å²) in [4.78, 5) is 22.2. The highest BCUT2D eigenvalue weighted by atomic mass is 32.1. The van der Waals surface area contributed by atoms with Crippen molar-refractivity contribution in [3.8, 4) is 0 Å². The van der Waals surface area contributed by atoms with Gasteiger partial charge in [-0.3, -0.25) is 9.59 Å². The Morgan fingerprint density at radius 3 is 2.74 bits per heavy atom. The molecule has 102 valence electrons. The summed E-state index contributed by atoms with van der Waals surface area (Å²) in [6.45, 7) is 0. The number of hydrogen-bond acceptors (Lipinski definition) is 4. The second-order valence-corrected chi connectivity index (χ2v) is 4.00. The van der Waals surface area contributed by atoms with Gasteiger partial charge in [-0.15, -0.1) is 0 Å². The third-order valence-electron chi connectivity index (χ3n) is 2.12. The lowest BCUT2D eigenvalue weighted by atomic mass is 10.3. The average Bonchev–Trinajstić information content (AvgIpc) is 2.35. The van der Waals surface area contributed by atoms with Gasteiger partial charge in [0.15, 0.2) is 5.11 Å². The van der Waals surface area contributed by atoms with E-state index in [0.717, 1.165) is 0 Å². The molecule has 1 aromatic rings. The maximum absolute atomic E-state index is 12.9. The summed E-state index contributed by atoms with van der Waals surface area (Å²) < 4.78 is 17.3. The molecule has 1 aromatic carbocycles. The van der Waals surface area contributed by atoms with Crippen LogP contribution in [0.25, 0.3) is 0 Å². The van der Waals surface area contributed by atoms with Crippen molar-refractivity contribution in [3.63, 3.8) is 0 Å². The van der Waals surface area contributed by atoms with Crippen molar-refractivity contribution in [2.45, 2.75) is 12.8 Å². The van der Waals surface area contributed by atoms with Gasteiger partial charge in [0.1, 0.15) is 5.82 Å². The molecule has 0 heterocycles. The second-order valence-electron chi connectivity index (χ2n) is 3.59. The highest BCUT2D eigenvalue weighted by Crippen LogP contribution is 2.08. The minimum atomic E-state index is -0.473. The quantitative estimate of drug-likeness (QED) is 0.649. The van der Waals surface area contributed by atoms with Crippen molar-refractivity contribution in [1.29, 1.82) is 0 Å². The maximum atomic E-state index is 12.9. The summed E-state index contributed by atoms with van der Waals surface area (Å²) in [5.41, 5.74) is 0.429. The van der Waals surface area contributed by atoms with Gasteiger partial charge >= 0.3 is 5.97 Å². The van der Waals surface area contributed by atoms with E-state index < -0.39 is 17.7 Å². The van der Waals surface area contributed by atoms with Crippen LogP contribution in [0, 0.1) is 5.82 Å². The van der Waals surface area contributed by atoms with Gasteiger partial charge < -0.3 is 15.4 Å². The third kappa shape index (κ3) is 5.91. The Hall–Kier alpha value is -2.02. The van der Waals surface area contributed by atoms with Crippen LogP contribution in [0.3, 0.4) is 0 Å². The summed E-state index contributed by atoms with van der Waals surface area (Å²) in [6, 6.07) is 5.66. The molecular formula is C12H13FN2O3S. The zero-order valence-electron chi connectivity index (χ0n) is 10.2. The maximum Gasteiger partial charge on any atom is 0.306 e. The first-order valence-corrected chi connectivity index (χ1v) is 5.85. The number of halogens is 1. The molecule has 5 nitrogen and oxygen atoms in total. The van der Waals surface area contributed by atoms with E-state index in [1.165, 1.54) is 25.3 Å². The molecule has 0 radical (unpaired) electrons. The number of thiocarbonyl (C=S) groups is 1. The number of benzene rings is 1. The number of esters is 1. The van der Waals surface area contributed by atoms with Gasteiger partial charge in [-0.25, -0.2) is 4.39 Å². The van der Waals surface area contributed by atoms with E-state index in [1.807, 2.05) is 0 Å². The van der Waals surface area contributed by atoms with Crippen LogP contribution in [0.4, 0.5) is 10.1 Å². The fourth-order valence-corrected chi connectivity index (χ4v) is 1.47. The monoisotopic (exact) mass is 284 g/mol. The molecular weight excluding hydrogens is 271 g/mol. The van der Waals surface area contributed by atoms with E-state index in [0.29, 0.717) is 5.69 Å². The van der Waals surface area contributed by atoms with Crippen molar-refractivity contribution < 1.29 is 18.7 Å². The molecule has 0 spiro atoms. The average molecular weight is 284 g/mol. The number of ether oxygens (including phenoxy) is 1. The zero-order chi connectivity index (χ0) is 14.3. The number of anilines is 1. The summed E-state index contributed by atoms with van der Waals surface area (Å²) >= 11 is 4.88. The molecule has 0 fully saturated rings. The number of hydrogen-bond donors (Lipinski definition) is 2. The minimum Gasteiger partial charge on any atom is -0.469 e. The molecule has 1 amide bonds. The van der Waals surface area contributed by atoms with E-state index in [9.17, 15) is 14.0 Å². The Labute approximate surface area is 115 Å². The smallest absolute Gasteiger partial charge is 0.306 e. The van der Waals surface area contributed by atoms with Crippen molar-refractivity contribution in [2.24, 2.45) is 0 Å². The first-order chi connectivity index (χ1) is 9.01. The lowest BCUT2D eigenvalue weighted by molar-refractivity contribution is -0.142. The minimum absolute atomic E-state index is 0.0229. The van der Waals surface area contributed by atoms with E-state index in [2.05, 4.69) is 15.4 Å². The van der Waals surface area contributed by atoms with Gasteiger partial charge in [0.25, 0.3) is 0 Å². The second kappa shape index (κ2) is 7.42. The topological polar surface area (TPSA) is 67.4 Å². The Balaban J connectivity index is 2.39. The molecule has 0 saturated carbocycles. The summed E-state index contributed by atoms with van der Waals surface area (Å²) in [5, 5.41) is 5.08. The molecule has 0 aliphatic heterocycles. The largest absolute Gasteiger partial charge is 0.469 e. The van der Waals surface area contributed by atoms with Crippen molar-refractivity contribution in [2.75, 3.05) is 12.4 Å². The fourth-order valence-electron chi connectivity index (χ4n) is 1.24. The summed E-state index contributed by atoms with van der Waals surface area (Å²) in [6.07, 6.45) is -0.0530. The molecule has 0 aromatic heterocycles. The van der Waals surface area contributed by atoms with Gasteiger partial charge in [0.2, 0.25) is 5.91 Å². The summed E-state index contributed by atoms with van der Waals surface area (Å²) in [7, 11) is 1.25. The van der Waals surface area contributed by atoms with Crippen molar-refractivity contribution >= 4 is 34.9 Å². The van der Waals surface area contributed by atoms with Gasteiger partial charge in [-0.05, 0) is 30.4 Å². The Kier molecular flexibility index (Phi) is 5.87. The van der Waals surface area contributed by atoms with E-state index >= 15 is 0 Å². The molecule has 0 unspecified atom stereocenters. The predicted molar refractivity (Wildman–Crippen MR) is 72.0 cm³/mol. The van der Waals surface area contributed by atoms with Gasteiger partial charge in [-0.2, -0.15) is 0 Å². The molecule has 0 bridgehead atoms. The molecule has 1 rings (SSSR count). The Morgan fingerprint density at radius 1 is 1.37 bits per heavy atom. The van der Waals surface area contributed by atoms with Crippen LogP contribution >= 0.6 is 12.2 Å². The van der Waals surface area contributed by atoms with Crippen LogP contribution in [-0.2, 0) is 14.3 Å². The Bertz CT molecular complexity index is 494. The summed E-state index contributed by atoms with van der Waals surface area (Å²) in [5.74, 6) is -1.30. The number of carbonyl (C=O) groups is 2. The zero-order valence-corrected chi connectivity index (χ0v) is 11.1. The molecule has 19 heavy (non-hydrogen) atoms. The number of nitrogens with one attached hydrogen (secondary N) is 2. The molecule has 0 aliphatic rings. The van der Waals surface area contributed by atoms with Gasteiger partial charge in [0.05, 0.1) is 13.5 Å². The molecule has 2 N–H and O–H groups in total. The fraction of sp³-hybridized carbons (Fsp3) is 0.250. The standard InChI is InChI=1S/C12H13FN2O3S/c1-18-11(17)6-5-10(16)15-12(19)14-9-4-2-3-8(13)7-9/h2-4,7H,5-6H2,1H3,(H2,14,15,16,19). The first kappa shape index (κ1) is 15.0. The van der Waals surface area contributed by atoms with Crippen LogP contribution in [0.2, 0.25) is 0 Å². The van der Waals surface area contributed by atoms with Crippen LogP contribution < -0.4 is 10.6 Å².